The first-order valence-corrected chi connectivity index (χ1v) is 6.09. The molecule has 0 aliphatic carbocycles. The molecule has 0 saturated carbocycles. The zero-order valence-corrected chi connectivity index (χ0v) is 10.8. The average molecular weight is 252 g/mol. The van der Waals surface area contributed by atoms with Gasteiger partial charge in [0, 0.05) is 25.8 Å². The van der Waals surface area contributed by atoms with E-state index in [4.69, 9.17) is 10.5 Å². The van der Waals surface area contributed by atoms with Crippen LogP contribution in [0, 0.1) is 0 Å². The van der Waals surface area contributed by atoms with E-state index in [0.717, 1.165) is 5.69 Å². The van der Waals surface area contributed by atoms with Gasteiger partial charge in [-0.05, 0) is 19.9 Å². The number of nitrogens with zero attached hydrogens (tertiary/aromatic N) is 3. The SMILES string of the molecule is CC1(C)CN(c2nccc(CN)n2)CC(CO)O1. The number of morpholine rings is 1. The molecule has 1 aliphatic rings. The Morgan fingerprint density at radius 2 is 2.39 bits per heavy atom. The van der Waals surface area contributed by atoms with Crippen molar-refractivity contribution in [2.45, 2.75) is 32.1 Å². The molecule has 1 atom stereocenters. The van der Waals surface area contributed by atoms with Crippen molar-refractivity contribution in [3.63, 3.8) is 0 Å². The van der Waals surface area contributed by atoms with Gasteiger partial charge in [0.05, 0.1) is 24.0 Å². The normalized spacial score (nSPS) is 23.1. The van der Waals surface area contributed by atoms with Gasteiger partial charge in [0.25, 0.3) is 0 Å². The summed E-state index contributed by atoms with van der Waals surface area (Å²) in [5.74, 6) is 0.646. The molecule has 100 valence electrons. The fraction of sp³-hybridized carbons (Fsp3) is 0.667. The van der Waals surface area contributed by atoms with E-state index in [0.29, 0.717) is 25.6 Å². The van der Waals surface area contributed by atoms with Crippen LogP contribution in [0.5, 0.6) is 0 Å². The summed E-state index contributed by atoms with van der Waals surface area (Å²) in [5, 5.41) is 9.28. The van der Waals surface area contributed by atoms with Gasteiger partial charge in [0.15, 0.2) is 0 Å². The van der Waals surface area contributed by atoms with E-state index >= 15 is 0 Å². The molecule has 0 amide bonds. The third-order valence-corrected chi connectivity index (χ3v) is 2.88. The predicted molar refractivity (Wildman–Crippen MR) is 68.2 cm³/mol. The van der Waals surface area contributed by atoms with Gasteiger partial charge in [-0.1, -0.05) is 0 Å². The van der Waals surface area contributed by atoms with Crippen molar-refractivity contribution in [3.8, 4) is 0 Å². The first kappa shape index (κ1) is 13.2. The highest BCUT2D eigenvalue weighted by atomic mass is 16.5. The molecule has 1 fully saturated rings. The standard InChI is InChI=1S/C12H20N4O2/c1-12(2)8-16(6-10(7-17)18-12)11-14-4-3-9(5-13)15-11/h3-4,10,17H,5-8,13H2,1-2H3. The Hall–Kier alpha value is -1.24. The lowest BCUT2D eigenvalue weighted by molar-refractivity contribution is -0.101. The Bertz CT molecular complexity index is 411. The van der Waals surface area contributed by atoms with Gasteiger partial charge in [-0.2, -0.15) is 0 Å². The van der Waals surface area contributed by atoms with Crippen molar-refractivity contribution in [1.82, 2.24) is 9.97 Å². The lowest BCUT2D eigenvalue weighted by atomic mass is 10.1. The molecule has 0 bridgehead atoms. The van der Waals surface area contributed by atoms with Gasteiger partial charge in [-0.3, -0.25) is 0 Å². The van der Waals surface area contributed by atoms with Gasteiger partial charge >= 0.3 is 0 Å². The summed E-state index contributed by atoms with van der Waals surface area (Å²) in [5.41, 5.74) is 6.07. The summed E-state index contributed by atoms with van der Waals surface area (Å²) in [7, 11) is 0. The Balaban J connectivity index is 2.20. The van der Waals surface area contributed by atoms with Crippen molar-refractivity contribution in [3.05, 3.63) is 18.0 Å². The molecule has 2 heterocycles. The van der Waals surface area contributed by atoms with Gasteiger partial charge in [0.2, 0.25) is 5.95 Å². The number of hydrogen-bond donors (Lipinski definition) is 2. The summed E-state index contributed by atoms with van der Waals surface area (Å²) < 4.78 is 5.76. The summed E-state index contributed by atoms with van der Waals surface area (Å²) in [4.78, 5) is 10.7. The van der Waals surface area contributed by atoms with Crippen LogP contribution in [0.4, 0.5) is 5.95 Å². The molecule has 3 N–H and O–H groups in total. The molecule has 0 radical (unpaired) electrons. The second-order valence-corrected chi connectivity index (χ2v) is 5.11. The third kappa shape index (κ3) is 2.95. The maximum atomic E-state index is 9.28. The summed E-state index contributed by atoms with van der Waals surface area (Å²) in [6.07, 6.45) is 1.50. The Morgan fingerprint density at radius 1 is 1.61 bits per heavy atom. The number of aliphatic hydroxyl groups is 1. The predicted octanol–water partition coefficient (Wildman–Crippen LogP) is -0.0886. The smallest absolute Gasteiger partial charge is 0.225 e. The lowest BCUT2D eigenvalue weighted by Crippen LogP contribution is -2.54. The zero-order chi connectivity index (χ0) is 13.2. The van der Waals surface area contributed by atoms with Crippen LogP contribution >= 0.6 is 0 Å². The minimum absolute atomic E-state index is 0.00346. The third-order valence-electron chi connectivity index (χ3n) is 2.88. The number of rotatable bonds is 3. The molecule has 1 unspecified atom stereocenters. The fourth-order valence-corrected chi connectivity index (χ4v) is 2.19. The first-order chi connectivity index (χ1) is 8.54. The van der Waals surface area contributed by atoms with E-state index in [-0.39, 0.29) is 18.3 Å². The molecular weight excluding hydrogens is 232 g/mol. The minimum atomic E-state index is -0.326. The monoisotopic (exact) mass is 252 g/mol. The second-order valence-electron chi connectivity index (χ2n) is 5.11. The van der Waals surface area contributed by atoms with Crippen LogP contribution in [0.2, 0.25) is 0 Å². The summed E-state index contributed by atoms with van der Waals surface area (Å²) >= 11 is 0. The van der Waals surface area contributed by atoms with E-state index in [9.17, 15) is 5.11 Å². The maximum absolute atomic E-state index is 9.28. The number of anilines is 1. The number of nitrogens with two attached hydrogens (primary N) is 1. The van der Waals surface area contributed by atoms with Crippen LogP contribution in [0.15, 0.2) is 12.3 Å². The van der Waals surface area contributed by atoms with E-state index in [1.165, 1.54) is 0 Å². The lowest BCUT2D eigenvalue weighted by Gasteiger charge is -2.42. The van der Waals surface area contributed by atoms with Crippen LogP contribution in [0.3, 0.4) is 0 Å². The van der Waals surface area contributed by atoms with Crippen molar-refractivity contribution < 1.29 is 9.84 Å². The number of aromatic nitrogens is 2. The highest BCUT2D eigenvalue weighted by molar-refractivity contribution is 5.32. The van der Waals surface area contributed by atoms with E-state index in [2.05, 4.69) is 9.97 Å². The fourth-order valence-electron chi connectivity index (χ4n) is 2.19. The maximum Gasteiger partial charge on any atom is 0.225 e. The van der Waals surface area contributed by atoms with Crippen molar-refractivity contribution in [2.24, 2.45) is 5.73 Å². The van der Waals surface area contributed by atoms with Crippen molar-refractivity contribution in [1.29, 1.82) is 0 Å². The number of ether oxygens (including phenoxy) is 1. The topological polar surface area (TPSA) is 84.5 Å². The molecule has 6 nitrogen and oxygen atoms in total. The Labute approximate surface area is 107 Å². The van der Waals surface area contributed by atoms with Crippen molar-refractivity contribution >= 4 is 5.95 Å². The molecule has 18 heavy (non-hydrogen) atoms. The van der Waals surface area contributed by atoms with Gasteiger partial charge < -0.3 is 20.5 Å². The highest BCUT2D eigenvalue weighted by Crippen LogP contribution is 2.23. The average Bonchev–Trinajstić information content (AvgIpc) is 2.37. The summed E-state index contributed by atoms with van der Waals surface area (Å²) in [6, 6.07) is 1.80. The van der Waals surface area contributed by atoms with Crippen molar-refractivity contribution in [2.75, 3.05) is 24.6 Å². The molecule has 0 aromatic carbocycles. The van der Waals surface area contributed by atoms with E-state index in [1.807, 2.05) is 18.7 Å². The van der Waals surface area contributed by atoms with E-state index < -0.39 is 0 Å². The molecule has 0 spiro atoms. The molecular formula is C12H20N4O2. The van der Waals surface area contributed by atoms with E-state index in [1.54, 1.807) is 12.3 Å². The Morgan fingerprint density at radius 3 is 3.06 bits per heavy atom. The molecule has 1 aromatic rings. The van der Waals surface area contributed by atoms with Crippen LogP contribution in [0.25, 0.3) is 0 Å². The second kappa shape index (κ2) is 5.17. The zero-order valence-electron chi connectivity index (χ0n) is 10.8. The molecule has 1 aliphatic heterocycles. The molecule has 1 aromatic heterocycles. The molecule has 1 saturated heterocycles. The minimum Gasteiger partial charge on any atom is -0.394 e. The van der Waals surface area contributed by atoms with Gasteiger partial charge in [-0.25, -0.2) is 9.97 Å². The van der Waals surface area contributed by atoms with Crippen LogP contribution in [0.1, 0.15) is 19.5 Å². The van der Waals surface area contributed by atoms with Gasteiger partial charge in [-0.15, -0.1) is 0 Å². The first-order valence-electron chi connectivity index (χ1n) is 6.09. The molecule has 6 heteroatoms. The number of hydrogen-bond acceptors (Lipinski definition) is 6. The molecule has 2 rings (SSSR count). The van der Waals surface area contributed by atoms with Crippen LogP contribution in [-0.4, -0.2) is 46.5 Å². The number of aliphatic hydroxyl groups excluding tert-OH is 1. The highest BCUT2D eigenvalue weighted by Gasteiger charge is 2.34. The van der Waals surface area contributed by atoms with Crippen LogP contribution in [-0.2, 0) is 11.3 Å². The quantitative estimate of drug-likeness (QED) is 0.782. The van der Waals surface area contributed by atoms with Gasteiger partial charge in [0.1, 0.15) is 0 Å². The summed E-state index contributed by atoms with van der Waals surface area (Å²) in [6.45, 7) is 5.66. The largest absolute Gasteiger partial charge is 0.394 e. The van der Waals surface area contributed by atoms with Crippen LogP contribution < -0.4 is 10.6 Å². The Kier molecular flexibility index (Phi) is 3.79.